The molecule has 0 bridgehead atoms. The molecular weight excluding hydrogens is 201 g/mol. The lowest BCUT2D eigenvalue weighted by Gasteiger charge is -2.05. The molecule has 2 rings (SSSR count). The van der Waals surface area contributed by atoms with Gasteiger partial charge in [-0.25, -0.2) is 4.39 Å². The summed E-state index contributed by atoms with van der Waals surface area (Å²) in [6, 6.07) is 12.6. The molecule has 0 spiro atoms. The van der Waals surface area contributed by atoms with Crippen LogP contribution in [-0.4, -0.2) is 0 Å². The third-order valence-corrected chi connectivity index (χ3v) is 2.67. The number of halogens is 1. The summed E-state index contributed by atoms with van der Waals surface area (Å²) in [4.78, 5) is 0. The summed E-state index contributed by atoms with van der Waals surface area (Å²) < 4.78 is 12.7. The van der Waals surface area contributed by atoms with Gasteiger partial charge in [0.1, 0.15) is 5.82 Å². The van der Waals surface area contributed by atoms with Gasteiger partial charge in [-0.15, -0.1) is 0 Å². The second-order valence-corrected chi connectivity index (χ2v) is 3.99. The van der Waals surface area contributed by atoms with Crippen molar-refractivity contribution in [2.24, 2.45) is 0 Å². The lowest BCUT2D eigenvalue weighted by atomic mass is 10.0. The fourth-order valence-corrected chi connectivity index (χ4v) is 1.64. The smallest absolute Gasteiger partial charge is 0.123 e. The fraction of sp³-hybridized carbons (Fsp3) is 0.143. The Labute approximate surface area is 94.7 Å². The quantitative estimate of drug-likeness (QED) is 0.764. The molecule has 1 nitrogen and oxygen atoms in total. The molecule has 0 aromatic heterocycles. The number of rotatable bonds is 2. The lowest BCUT2D eigenvalue weighted by Crippen LogP contribution is -1.93. The Hall–Kier alpha value is -1.83. The molecule has 0 fully saturated rings. The highest BCUT2D eigenvalue weighted by Gasteiger charge is 1.99. The summed E-state index contributed by atoms with van der Waals surface area (Å²) in [5.41, 5.74) is 9.97. The molecule has 2 N–H and O–H groups in total. The van der Waals surface area contributed by atoms with E-state index in [2.05, 4.69) is 6.07 Å². The van der Waals surface area contributed by atoms with Gasteiger partial charge in [0, 0.05) is 5.69 Å². The standard InChI is InChI=1S/C14H14FN/c1-10-2-3-12(9-14(10)16)8-11-4-6-13(15)7-5-11/h2-7,9H,8,16H2,1H3. The van der Waals surface area contributed by atoms with Gasteiger partial charge in [0.05, 0.1) is 0 Å². The van der Waals surface area contributed by atoms with E-state index in [4.69, 9.17) is 5.73 Å². The number of aryl methyl sites for hydroxylation is 1. The van der Waals surface area contributed by atoms with Crippen LogP contribution in [-0.2, 0) is 6.42 Å². The van der Waals surface area contributed by atoms with E-state index in [0.717, 1.165) is 28.8 Å². The minimum Gasteiger partial charge on any atom is -0.399 e. The first-order chi connectivity index (χ1) is 7.65. The monoisotopic (exact) mass is 215 g/mol. The normalized spacial score (nSPS) is 10.4. The molecule has 0 aliphatic rings. The average Bonchev–Trinajstić information content (AvgIpc) is 2.27. The molecule has 0 saturated carbocycles. The second kappa shape index (κ2) is 4.35. The van der Waals surface area contributed by atoms with Gasteiger partial charge in [0.2, 0.25) is 0 Å². The maximum atomic E-state index is 12.7. The van der Waals surface area contributed by atoms with E-state index in [9.17, 15) is 4.39 Å². The predicted octanol–water partition coefficient (Wildman–Crippen LogP) is 3.31. The number of nitrogen functional groups attached to an aromatic ring is 1. The Morgan fingerprint density at radius 3 is 2.25 bits per heavy atom. The van der Waals surface area contributed by atoms with E-state index >= 15 is 0 Å². The Balaban J connectivity index is 2.20. The largest absolute Gasteiger partial charge is 0.399 e. The molecule has 82 valence electrons. The van der Waals surface area contributed by atoms with Crippen LogP contribution in [0.2, 0.25) is 0 Å². The van der Waals surface area contributed by atoms with Gasteiger partial charge in [-0.1, -0.05) is 24.3 Å². The van der Waals surface area contributed by atoms with Gasteiger partial charge in [0.25, 0.3) is 0 Å². The van der Waals surface area contributed by atoms with Crippen LogP contribution in [0.15, 0.2) is 42.5 Å². The summed E-state index contributed by atoms with van der Waals surface area (Å²) in [5, 5.41) is 0. The van der Waals surface area contributed by atoms with E-state index in [-0.39, 0.29) is 5.82 Å². The van der Waals surface area contributed by atoms with Crippen LogP contribution < -0.4 is 5.73 Å². The maximum absolute atomic E-state index is 12.7. The van der Waals surface area contributed by atoms with Crippen LogP contribution in [0.5, 0.6) is 0 Å². The van der Waals surface area contributed by atoms with Crippen molar-refractivity contribution in [1.82, 2.24) is 0 Å². The molecule has 0 atom stereocenters. The van der Waals surface area contributed by atoms with E-state index in [1.54, 1.807) is 12.1 Å². The molecule has 0 saturated heterocycles. The molecule has 0 radical (unpaired) electrons. The molecule has 2 aromatic rings. The van der Waals surface area contributed by atoms with Crippen LogP contribution >= 0.6 is 0 Å². The molecule has 2 aromatic carbocycles. The summed E-state index contributed by atoms with van der Waals surface area (Å²) in [6.07, 6.45) is 0.782. The number of hydrogen-bond acceptors (Lipinski definition) is 1. The van der Waals surface area contributed by atoms with Crippen molar-refractivity contribution in [3.05, 3.63) is 65.0 Å². The van der Waals surface area contributed by atoms with Gasteiger partial charge in [-0.3, -0.25) is 0 Å². The molecule has 0 amide bonds. The molecule has 0 unspecified atom stereocenters. The van der Waals surface area contributed by atoms with Crippen molar-refractivity contribution in [2.75, 3.05) is 5.73 Å². The molecule has 0 heterocycles. The molecule has 2 heteroatoms. The highest BCUT2D eigenvalue weighted by Crippen LogP contribution is 2.16. The van der Waals surface area contributed by atoms with Gasteiger partial charge in [-0.05, 0) is 48.2 Å². The zero-order valence-electron chi connectivity index (χ0n) is 9.20. The summed E-state index contributed by atoms with van der Waals surface area (Å²) in [7, 11) is 0. The second-order valence-electron chi connectivity index (χ2n) is 3.99. The first kappa shape index (κ1) is 10.7. The summed E-state index contributed by atoms with van der Waals surface area (Å²) in [6.45, 7) is 1.98. The summed E-state index contributed by atoms with van der Waals surface area (Å²) >= 11 is 0. The highest BCUT2D eigenvalue weighted by atomic mass is 19.1. The molecule has 0 aliphatic heterocycles. The number of benzene rings is 2. The Bertz CT molecular complexity index is 489. The molecule has 16 heavy (non-hydrogen) atoms. The Kier molecular flexibility index (Phi) is 2.91. The van der Waals surface area contributed by atoms with Crippen molar-refractivity contribution in [3.63, 3.8) is 0 Å². The van der Waals surface area contributed by atoms with E-state index in [1.807, 2.05) is 19.1 Å². The average molecular weight is 215 g/mol. The van der Waals surface area contributed by atoms with Crippen LogP contribution in [0.3, 0.4) is 0 Å². The number of nitrogens with two attached hydrogens (primary N) is 1. The minimum absolute atomic E-state index is 0.202. The SMILES string of the molecule is Cc1ccc(Cc2ccc(F)cc2)cc1N. The predicted molar refractivity (Wildman–Crippen MR) is 64.8 cm³/mol. The van der Waals surface area contributed by atoms with Crippen LogP contribution in [0.4, 0.5) is 10.1 Å². The first-order valence-corrected chi connectivity index (χ1v) is 5.24. The van der Waals surface area contributed by atoms with Gasteiger partial charge < -0.3 is 5.73 Å². The maximum Gasteiger partial charge on any atom is 0.123 e. The van der Waals surface area contributed by atoms with E-state index in [0.29, 0.717) is 0 Å². The van der Waals surface area contributed by atoms with Gasteiger partial charge >= 0.3 is 0 Å². The zero-order chi connectivity index (χ0) is 11.5. The van der Waals surface area contributed by atoms with Crippen molar-refractivity contribution >= 4 is 5.69 Å². The van der Waals surface area contributed by atoms with Crippen molar-refractivity contribution in [3.8, 4) is 0 Å². The first-order valence-electron chi connectivity index (χ1n) is 5.24. The topological polar surface area (TPSA) is 26.0 Å². The van der Waals surface area contributed by atoms with Crippen molar-refractivity contribution < 1.29 is 4.39 Å². The van der Waals surface area contributed by atoms with E-state index < -0.39 is 0 Å². The minimum atomic E-state index is -0.202. The molecule has 0 aliphatic carbocycles. The lowest BCUT2D eigenvalue weighted by molar-refractivity contribution is 0.627. The van der Waals surface area contributed by atoms with Crippen molar-refractivity contribution in [1.29, 1.82) is 0 Å². The number of hydrogen-bond donors (Lipinski definition) is 1. The van der Waals surface area contributed by atoms with Crippen LogP contribution in [0.1, 0.15) is 16.7 Å². The zero-order valence-corrected chi connectivity index (χ0v) is 9.20. The number of anilines is 1. The van der Waals surface area contributed by atoms with Crippen molar-refractivity contribution in [2.45, 2.75) is 13.3 Å². The third-order valence-electron chi connectivity index (χ3n) is 2.67. The van der Waals surface area contributed by atoms with Crippen LogP contribution in [0, 0.1) is 12.7 Å². The van der Waals surface area contributed by atoms with Gasteiger partial charge in [-0.2, -0.15) is 0 Å². The van der Waals surface area contributed by atoms with Crippen LogP contribution in [0.25, 0.3) is 0 Å². The van der Waals surface area contributed by atoms with Gasteiger partial charge in [0.15, 0.2) is 0 Å². The highest BCUT2D eigenvalue weighted by molar-refractivity contribution is 5.49. The Morgan fingerprint density at radius 1 is 1.00 bits per heavy atom. The summed E-state index contributed by atoms with van der Waals surface area (Å²) in [5.74, 6) is -0.202. The Morgan fingerprint density at radius 2 is 1.62 bits per heavy atom. The third kappa shape index (κ3) is 2.40. The molecular formula is C14H14FN. The fourth-order valence-electron chi connectivity index (χ4n) is 1.64. The van der Waals surface area contributed by atoms with E-state index in [1.165, 1.54) is 12.1 Å².